The van der Waals surface area contributed by atoms with E-state index in [2.05, 4.69) is 55.6 Å². The molecule has 0 aliphatic carbocycles. The smallest absolute Gasteiger partial charge is 0.241 e. The topological polar surface area (TPSA) is 58.6 Å². The summed E-state index contributed by atoms with van der Waals surface area (Å²) < 4.78 is 5.63. The molecule has 2 aliphatic rings. The van der Waals surface area contributed by atoms with E-state index in [9.17, 15) is 9.59 Å². The van der Waals surface area contributed by atoms with Gasteiger partial charge in [-0.1, -0.05) is 48.0 Å². The molecule has 5 nitrogen and oxygen atoms in total. The van der Waals surface area contributed by atoms with E-state index < -0.39 is 5.41 Å². The van der Waals surface area contributed by atoms with Gasteiger partial charge in [-0.15, -0.1) is 0 Å². The molecule has 33 heavy (non-hydrogen) atoms. The van der Waals surface area contributed by atoms with Crippen LogP contribution in [0.15, 0.2) is 42.5 Å². The Morgan fingerprint density at radius 3 is 2.42 bits per heavy atom. The van der Waals surface area contributed by atoms with Crippen LogP contribution in [-0.2, 0) is 20.7 Å². The van der Waals surface area contributed by atoms with Gasteiger partial charge in [-0.3, -0.25) is 9.59 Å². The zero-order chi connectivity index (χ0) is 23.3. The number of nitrogens with zero attached hydrogens (tertiary/aromatic N) is 1. The van der Waals surface area contributed by atoms with E-state index in [-0.39, 0.29) is 18.4 Å². The summed E-state index contributed by atoms with van der Waals surface area (Å²) in [6.07, 6.45) is 5.25. The number of likely N-dealkylation sites (tertiary alicyclic amines) is 1. The predicted molar refractivity (Wildman–Crippen MR) is 131 cm³/mol. The minimum absolute atomic E-state index is 0.0217. The van der Waals surface area contributed by atoms with Crippen molar-refractivity contribution in [2.75, 3.05) is 32.8 Å². The first kappa shape index (κ1) is 23.5. The molecule has 4 rings (SSSR count). The molecule has 2 aromatic carbocycles. The Morgan fingerprint density at radius 1 is 0.970 bits per heavy atom. The third-order valence-corrected chi connectivity index (χ3v) is 7.26. The summed E-state index contributed by atoms with van der Waals surface area (Å²) in [5.41, 5.74) is 5.48. The van der Waals surface area contributed by atoms with Crippen LogP contribution in [0.5, 0.6) is 0 Å². The van der Waals surface area contributed by atoms with Crippen molar-refractivity contribution in [1.82, 2.24) is 10.2 Å². The van der Waals surface area contributed by atoms with Gasteiger partial charge in [0, 0.05) is 26.3 Å². The van der Waals surface area contributed by atoms with Gasteiger partial charge in [0.15, 0.2) is 0 Å². The number of piperidine rings is 1. The zero-order valence-corrected chi connectivity index (χ0v) is 20.0. The Labute approximate surface area is 197 Å². The number of aryl methyl sites for hydroxylation is 2. The molecule has 0 radical (unpaired) electrons. The first-order valence-electron chi connectivity index (χ1n) is 12.3. The molecule has 2 heterocycles. The van der Waals surface area contributed by atoms with Gasteiger partial charge in [-0.25, -0.2) is 0 Å². The van der Waals surface area contributed by atoms with Crippen LogP contribution in [0.2, 0.25) is 0 Å². The molecule has 2 aliphatic heterocycles. The van der Waals surface area contributed by atoms with Crippen molar-refractivity contribution < 1.29 is 14.3 Å². The maximum Gasteiger partial charge on any atom is 0.241 e. The van der Waals surface area contributed by atoms with E-state index in [1.165, 1.54) is 34.2 Å². The van der Waals surface area contributed by atoms with Crippen LogP contribution in [0.1, 0.15) is 48.8 Å². The van der Waals surface area contributed by atoms with Crippen LogP contribution >= 0.6 is 0 Å². The average Bonchev–Trinajstić information content (AvgIpc) is 2.84. The van der Waals surface area contributed by atoms with Crippen LogP contribution in [-0.4, -0.2) is 49.6 Å². The van der Waals surface area contributed by atoms with Crippen molar-refractivity contribution in [2.24, 2.45) is 5.41 Å². The highest BCUT2D eigenvalue weighted by Gasteiger charge is 2.40. The molecular formula is C28H36N2O3. The fourth-order valence-electron chi connectivity index (χ4n) is 5.26. The molecule has 5 heteroatoms. The summed E-state index contributed by atoms with van der Waals surface area (Å²) in [5.74, 6) is 0.00697. The van der Waals surface area contributed by atoms with Gasteiger partial charge in [-0.2, -0.15) is 0 Å². The number of hydrogen-bond donors (Lipinski definition) is 1. The summed E-state index contributed by atoms with van der Waals surface area (Å²) in [7, 11) is 0. The molecule has 0 spiro atoms. The lowest BCUT2D eigenvalue weighted by atomic mass is 9.73. The minimum Gasteiger partial charge on any atom is -0.381 e. The van der Waals surface area contributed by atoms with Crippen molar-refractivity contribution in [3.8, 4) is 11.1 Å². The second-order valence-corrected chi connectivity index (χ2v) is 9.67. The maximum atomic E-state index is 13.5. The highest BCUT2D eigenvalue weighted by atomic mass is 16.5. The fourth-order valence-corrected chi connectivity index (χ4v) is 5.26. The molecule has 0 atom stereocenters. The van der Waals surface area contributed by atoms with Crippen LogP contribution in [0.25, 0.3) is 11.1 Å². The van der Waals surface area contributed by atoms with Gasteiger partial charge in [0.2, 0.25) is 11.8 Å². The Hall–Kier alpha value is -2.66. The lowest BCUT2D eigenvalue weighted by molar-refractivity contribution is -0.140. The largest absolute Gasteiger partial charge is 0.381 e. The number of carbonyl (C=O) groups excluding carboxylic acids is 2. The molecule has 1 N–H and O–H groups in total. The number of amides is 2. The molecule has 2 fully saturated rings. The summed E-state index contributed by atoms with van der Waals surface area (Å²) in [6, 6.07) is 14.9. The molecule has 0 saturated carbocycles. The maximum absolute atomic E-state index is 13.5. The fraction of sp³-hybridized carbons (Fsp3) is 0.500. The molecule has 176 valence electrons. The third-order valence-electron chi connectivity index (χ3n) is 7.26. The molecular weight excluding hydrogens is 412 g/mol. The Kier molecular flexibility index (Phi) is 7.49. The lowest BCUT2D eigenvalue weighted by Crippen LogP contribution is -2.49. The molecule has 2 saturated heterocycles. The van der Waals surface area contributed by atoms with E-state index >= 15 is 0 Å². The van der Waals surface area contributed by atoms with Gasteiger partial charge in [0.25, 0.3) is 0 Å². The van der Waals surface area contributed by atoms with Gasteiger partial charge >= 0.3 is 0 Å². The standard InChI is InChI=1S/C28H36N2O3/c1-21-10-11-24(22(2)18-21)25-9-5-4-8-23(25)19-28(12-16-33-17-13-28)27(32)29-20-26(31)30-14-6-3-7-15-30/h4-5,8-11,18H,3,6-7,12-17,19-20H2,1-2H3,(H,29,32). The molecule has 2 amide bonds. The molecule has 0 aromatic heterocycles. The Balaban J connectivity index is 1.54. The van der Waals surface area contributed by atoms with Crippen LogP contribution in [0, 0.1) is 19.3 Å². The van der Waals surface area contributed by atoms with E-state index in [0.717, 1.165) is 25.9 Å². The van der Waals surface area contributed by atoms with Crippen molar-refractivity contribution in [1.29, 1.82) is 0 Å². The molecule has 2 aromatic rings. The van der Waals surface area contributed by atoms with E-state index in [0.29, 0.717) is 32.5 Å². The third kappa shape index (κ3) is 5.47. The van der Waals surface area contributed by atoms with Gasteiger partial charge < -0.3 is 15.0 Å². The van der Waals surface area contributed by atoms with E-state index in [1.807, 2.05) is 11.0 Å². The number of carbonyl (C=O) groups is 2. The average molecular weight is 449 g/mol. The first-order valence-corrected chi connectivity index (χ1v) is 12.3. The molecule has 0 unspecified atom stereocenters. The Morgan fingerprint density at radius 2 is 1.70 bits per heavy atom. The first-order chi connectivity index (χ1) is 16.0. The second-order valence-electron chi connectivity index (χ2n) is 9.67. The Bertz CT molecular complexity index is 988. The summed E-state index contributed by atoms with van der Waals surface area (Å²) in [4.78, 5) is 28.1. The van der Waals surface area contributed by atoms with E-state index in [4.69, 9.17) is 4.74 Å². The molecule has 0 bridgehead atoms. The van der Waals surface area contributed by atoms with Gasteiger partial charge in [0.1, 0.15) is 0 Å². The number of benzene rings is 2. The van der Waals surface area contributed by atoms with Crippen molar-refractivity contribution in [3.63, 3.8) is 0 Å². The zero-order valence-electron chi connectivity index (χ0n) is 20.0. The number of hydrogen-bond acceptors (Lipinski definition) is 3. The van der Waals surface area contributed by atoms with Gasteiger partial charge in [0.05, 0.1) is 12.0 Å². The highest BCUT2D eigenvalue weighted by Crippen LogP contribution is 2.38. The number of nitrogens with one attached hydrogen (secondary N) is 1. The van der Waals surface area contributed by atoms with Crippen molar-refractivity contribution in [2.45, 2.75) is 52.4 Å². The normalized spacial score (nSPS) is 18.1. The van der Waals surface area contributed by atoms with E-state index in [1.54, 1.807) is 0 Å². The quantitative estimate of drug-likeness (QED) is 0.711. The number of ether oxygens (including phenoxy) is 1. The summed E-state index contributed by atoms with van der Waals surface area (Å²) in [6.45, 7) is 7.07. The van der Waals surface area contributed by atoms with Gasteiger partial charge in [-0.05, 0) is 74.6 Å². The van der Waals surface area contributed by atoms with Crippen molar-refractivity contribution in [3.05, 3.63) is 59.2 Å². The van der Waals surface area contributed by atoms with Crippen LogP contribution in [0.3, 0.4) is 0 Å². The summed E-state index contributed by atoms with van der Waals surface area (Å²) >= 11 is 0. The predicted octanol–water partition coefficient (Wildman–Crippen LogP) is 4.44. The SMILES string of the molecule is Cc1ccc(-c2ccccc2CC2(C(=O)NCC(=O)N3CCCCC3)CCOCC2)c(C)c1. The monoisotopic (exact) mass is 448 g/mol. The lowest BCUT2D eigenvalue weighted by Gasteiger charge is -2.36. The minimum atomic E-state index is -0.560. The summed E-state index contributed by atoms with van der Waals surface area (Å²) in [5, 5.41) is 3.00. The number of rotatable bonds is 6. The van der Waals surface area contributed by atoms with Crippen LogP contribution in [0.4, 0.5) is 0 Å². The second kappa shape index (κ2) is 10.5. The van der Waals surface area contributed by atoms with Crippen LogP contribution < -0.4 is 5.32 Å². The highest BCUT2D eigenvalue weighted by molar-refractivity contribution is 5.88. The van der Waals surface area contributed by atoms with Crippen molar-refractivity contribution >= 4 is 11.8 Å².